The maximum absolute atomic E-state index is 10.6. The molecule has 1 amide bonds. The maximum atomic E-state index is 10.6. The van der Waals surface area contributed by atoms with Crippen molar-refractivity contribution < 1.29 is 13.8 Å². The fraction of sp³-hybridized carbons (Fsp3) is 0.600. The van der Waals surface area contributed by atoms with E-state index >= 15 is 0 Å². The van der Waals surface area contributed by atoms with Crippen LogP contribution in [0.25, 0.3) is 0 Å². The van der Waals surface area contributed by atoms with Crippen LogP contribution in [0.3, 0.4) is 0 Å². The van der Waals surface area contributed by atoms with E-state index in [4.69, 9.17) is 0 Å². The van der Waals surface area contributed by atoms with Crippen LogP contribution in [0.15, 0.2) is 5.16 Å². The number of rotatable bonds is 1. The number of hydrogen-bond acceptors (Lipinski definition) is 4. The summed E-state index contributed by atoms with van der Waals surface area (Å²) < 4.78 is 10.6. The summed E-state index contributed by atoms with van der Waals surface area (Å²) >= 11 is 0. The van der Waals surface area contributed by atoms with Crippen LogP contribution in [0.1, 0.15) is 6.92 Å². The third-order valence-corrected chi connectivity index (χ3v) is 1.78. The predicted octanol–water partition coefficient (Wildman–Crippen LogP) is 0.0543. The third kappa shape index (κ3) is 4.49. The molecule has 11 heavy (non-hydrogen) atoms. The van der Waals surface area contributed by atoms with Crippen LogP contribution in [0.4, 0.5) is 4.79 Å². The van der Waals surface area contributed by atoms with Crippen molar-refractivity contribution >= 4 is 21.9 Å². The van der Waals surface area contributed by atoms with Gasteiger partial charge in [0.25, 0.3) is 0 Å². The van der Waals surface area contributed by atoms with E-state index in [1.165, 1.54) is 20.2 Å². The lowest BCUT2D eigenvalue weighted by Crippen LogP contribution is -2.17. The zero-order chi connectivity index (χ0) is 8.85. The highest BCUT2D eigenvalue weighted by Gasteiger charge is 1.99. The minimum Gasteiger partial charge on any atom is -0.323 e. The fourth-order valence-corrected chi connectivity index (χ4v) is 0.346. The number of hydrogen-bond donors (Lipinski definition) is 1. The van der Waals surface area contributed by atoms with Gasteiger partial charge in [-0.25, -0.2) is 4.79 Å². The minimum absolute atomic E-state index is 0.272. The topological polar surface area (TPSA) is 67.8 Å². The molecule has 0 bridgehead atoms. The van der Waals surface area contributed by atoms with Gasteiger partial charge in [-0.3, -0.25) is 9.05 Å². The minimum atomic E-state index is -1.18. The number of nitrogens with zero attached hydrogens (tertiary/aromatic N) is 1. The van der Waals surface area contributed by atoms with E-state index < -0.39 is 16.9 Å². The van der Waals surface area contributed by atoms with Gasteiger partial charge in [-0.15, -0.1) is 0 Å². The van der Waals surface area contributed by atoms with E-state index in [0.717, 1.165) is 0 Å². The summed E-state index contributed by atoms with van der Waals surface area (Å²) in [5.41, 5.74) is 0. The number of oxime groups is 1. The predicted molar refractivity (Wildman–Crippen MR) is 42.7 cm³/mol. The normalized spacial score (nSPS) is 13.9. The van der Waals surface area contributed by atoms with Gasteiger partial charge < -0.3 is 5.32 Å². The third-order valence-electron chi connectivity index (χ3n) is 0.877. The molecule has 0 aliphatic carbocycles. The summed E-state index contributed by atoms with van der Waals surface area (Å²) in [5, 5.41) is 5.76. The standard InChI is InChI=1S/C5H10N2O3S/c1-4(11(3)9)7-10-5(8)6-2/h1-3H3,(H,6,8)/b7-4+. The molecule has 1 unspecified atom stereocenters. The summed E-state index contributed by atoms with van der Waals surface area (Å²) in [6, 6.07) is 0. The average molecular weight is 178 g/mol. The molecule has 0 spiro atoms. The maximum Gasteiger partial charge on any atom is 0.433 e. The van der Waals surface area contributed by atoms with Crippen molar-refractivity contribution in [3.63, 3.8) is 0 Å². The Morgan fingerprint density at radius 3 is 2.55 bits per heavy atom. The van der Waals surface area contributed by atoms with E-state index in [2.05, 4.69) is 15.3 Å². The molecule has 1 atom stereocenters. The van der Waals surface area contributed by atoms with Gasteiger partial charge in [0.05, 0.1) is 10.8 Å². The molecule has 0 aromatic carbocycles. The second kappa shape index (κ2) is 4.84. The average Bonchev–Trinajstić information content (AvgIpc) is 1.99. The number of amides is 1. The SMILES string of the molecule is CNC(=O)O/N=C(\C)S(C)=O. The molecule has 64 valence electrons. The Kier molecular flexibility index (Phi) is 4.44. The first kappa shape index (κ1) is 10.1. The van der Waals surface area contributed by atoms with Crippen LogP contribution in [0, 0.1) is 0 Å². The molecule has 0 aromatic heterocycles. The van der Waals surface area contributed by atoms with Crippen LogP contribution < -0.4 is 5.32 Å². The van der Waals surface area contributed by atoms with Gasteiger partial charge in [0.15, 0.2) is 0 Å². The zero-order valence-electron chi connectivity index (χ0n) is 6.58. The molecule has 0 heterocycles. The van der Waals surface area contributed by atoms with E-state index in [9.17, 15) is 9.00 Å². The molecule has 1 N–H and O–H groups in total. The van der Waals surface area contributed by atoms with E-state index in [1.54, 1.807) is 0 Å². The summed E-state index contributed by atoms with van der Waals surface area (Å²) in [5.74, 6) is 0. The summed E-state index contributed by atoms with van der Waals surface area (Å²) in [6.07, 6.45) is 0.779. The second-order valence-electron chi connectivity index (χ2n) is 1.69. The van der Waals surface area contributed by atoms with Gasteiger partial charge in [-0.1, -0.05) is 5.16 Å². The fourth-order valence-electron chi connectivity index (χ4n) is 0.204. The molecule has 0 aliphatic heterocycles. The second-order valence-corrected chi connectivity index (χ2v) is 3.19. The molecule has 0 fully saturated rings. The van der Waals surface area contributed by atoms with Crippen LogP contribution in [-0.4, -0.2) is 28.6 Å². The lowest BCUT2D eigenvalue weighted by molar-refractivity contribution is 0.153. The molecule has 5 nitrogen and oxygen atoms in total. The Morgan fingerprint density at radius 1 is 1.64 bits per heavy atom. The summed E-state index contributed by atoms with van der Waals surface area (Å²) in [4.78, 5) is 14.7. The van der Waals surface area contributed by atoms with Gasteiger partial charge in [-0.2, -0.15) is 0 Å². The summed E-state index contributed by atoms with van der Waals surface area (Å²) in [7, 11) is 0.229. The molecular formula is C5H10N2O3S. The highest BCUT2D eigenvalue weighted by atomic mass is 32.2. The van der Waals surface area contributed by atoms with E-state index in [0.29, 0.717) is 0 Å². The Labute approximate surface area is 67.2 Å². The van der Waals surface area contributed by atoms with Crippen molar-refractivity contribution in [1.82, 2.24) is 5.32 Å². The van der Waals surface area contributed by atoms with Gasteiger partial charge in [0, 0.05) is 13.3 Å². The Hall–Kier alpha value is -0.910. The highest BCUT2D eigenvalue weighted by molar-refractivity contribution is 7.99. The molecule has 0 rings (SSSR count). The van der Waals surface area contributed by atoms with E-state index in [-0.39, 0.29) is 5.04 Å². The van der Waals surface area contributed by atoms with Crippen LogP contribution in [0.2, 0.25) is 0 Å². The van der Waals surface area contributed by atoms with Crippen LogP contribution in [0.5, 0.6) is 0 Å². The van der Waals surface area contributed by atoms with Crippen molar-refractivity contribution in [2.24, 2.45) is 5.16 Å². The molecule has 0 saturated carbocycles. The first-order chi connectivity index (χ1) is 5.07. The highest BCUT2D eigenvalue weighted by Crippen LogP contribution is 1.85. The van der Waals surface area contributed by atoms with Crippen LogP contribution >= 0.6 is 0 Å². The van der Waals surface area contributed by atoms with E-state index in [1.807, 2.05) is 0 Å². The van der Waals surface area contributed by atoms with Crippen molar-refractivity contribution in [3.05, 3.63) is 0 Å². The Morgan fingerprint density at radius 2 is 2.18 bits per heavy atom. The van der Waals surface area contributed by atoms with Gasteiger partial charge in [-0.05, 0) is 6.92 Å². The monoisotopic (exact) mass is 178 g/mol. The summed E-state index contributed by atoms with van der Waals surface area (Å²) in [6.45, 7) is 1.51. The Bertz CT molecular complexity index is 202. The lowest BCUT2D eigenvalue weighted by atomic mass is 10.9. The van der Waals surface area contributed by atoms with Crippen molar-refractivity contribution in [2.75, 3.05) is 13.3 Å². The molecule has 0 aromatic rings. The molecule has 0 radical (unpaired) electrons. The number of carbonyl (C=O) groups excluding carboxylic acids is 1. The number of carbonyl (C=O) groups is 1. The first-order valence-corrected chi connectivity index (χ1v) is 4.40. The van der Waals surface area contributed by atoms with Crippen molar-refractivity contribution in [3.8, 4) is 0 Å². The molecule has 6 heteroatoms. The van der Waals surface area contributed by atoms with Gasteiger partial charge >= 0.3 is 6.09 Å². The molecular weight excluding hydrogens is 168 g/mol. The Balaban J connectivity index is 3.92. The van der Waals surface area contributed by atoms with Crippen LogP contribution in [-0.2, 0) is 15.6 Å². The largest absolute Gasteiger partial charge is 0.433 e. The first-order valence-electron chi connectivity index (χ1n) is 2.84. The number of nitrogens with one attached hydrogen (secondary N) is 1. The molecule has 0 saturated heterocycles. The quantitative estimate of drug-likeness (QED) is 0.267. The van der Waals surface area contributed by atoms with Crippen molar-refractivity contribution in [1.29, 1.82) is 0 Å². The van der Waals surface area contributed by atoms with Gasteiger partial charge in [0.1, 0.15) is 5.04 Å². The smallest absolute Gasteiger partial charge is 0.323 e. The molecule has 0 aliphatic rings. The van der Waals surface area contributed by atoms with Gasteiger partial charge in [0.2, 0.25) is 0 Å². The zero-order valence-corrected chi connectivity index (χ0v) is 7.40. The lowest BCUT2D eigenvalue weighted by Gasteiger charge is -1.95. The van der Waals surface area contributed by atoms with Crippen molar-refractivity contribution in [2.45, 2.75) is 6.92 Å².